The lowest BCUT2D eigenvalue weighted by molar-refractivity contribution is 0.390. The van der Waals surface area contributed by atoms with E-state index in [0.29, 0.717) is 6.04 Å². The number of nitrogens with zero attached hydrogens (tertiary/aromatic N) is 1. The molecule has 2 saturated carbocycles. The van der Waals surface area contributed by atoms with Crippen LogP contribution in [0, 0.1) is 24.7 Å². The molecule has 2 aliphatic rings. The Morgan fingerprint density at radius 3 is 2.81 bits per heavy atom. The first-order valence-electron chi connectivity index (χ1n) is 6.40. The molecule has 86 valence electrons. The highest BCUT2D eigenvalue weighted by Gasteiger charge is 2.47. The fourth-order valence-electron chi connectivity index (χ4n) is 3.23. The molecule has 3 rings (SSSR count). The molecular weight excluding hydrogens is 196 g/mol. The largest absolute Gasteiger partial charge is 0.327 e. The maximum absolute atomic E-state index is 6.32. The van der Waals surface area contributed by atoms with Crippen LogP contribution in [0.4, 0.5) is 0 Å². The molecule has 3 atom stereocenters. The highest BCUT2D eigenvalue weighted by molar-refractivity contribution is 5.19. The second-order valence-electron chi connectivity index (χ2n) is 5.62. The molecule has 3 unspecified atom stereocenters. The molecule has 2 nitrogen and oxygen atoms in total. The number of fused-ring (bicyclic) bond motifs is 1. The van der Waals surface area contributed by atoms with E-state index in [0.717, 1.165) is 24.2 Å². The van der Waals surface area contributed by atoms with E-state index in [-0.39, 0.29) is 0 Å². The van der Waals surface area contributed by atoms with Crippen LogP contribution in [0.25, 0.3) is 0 Å². The van der Waals surface area contributed by atoms with Gasteiger partial charge in [0.25, 0.3) is 0 Å². The lowest BCUT2D eigenvalue weighted by Crippen LogP contribution is -2.32. The van der Waals surface area contributed by atoms with Crippen LogP contribution in [0.15, 0.2) is 18.3 Å². The third-order valence-corrected chi connectivity index (χ3v) is 4.43. The van der Waals surface area contributed by atoms with Gasteiger partial charge < -0.3 is 5.73 Å². The third-order valence-electron chi connectivity index (χ3n) is 4.43. The minimum absolute atomic E-state index is 0.321. The summed E-state index contributed by atoms with van der Waals surface area (Å²) in [5.74, 6) is 2.81. The average Bonchev–Trinajstić information content (AvgIpc) is 2.89. The number of nitrogens with two attached hydrogens (primary N) is 1. The van der Waals surface area contributed by atoms with Crippen molar-refractivity contribution in [1.82, 2.24) is 4.98 Å². The molecule has 0 aliphatic heterocycles. The quantitative estimate of drug-likeness (QED) is 0.842. The molecule has 1 aromatic heterocycles. The van der Waals surface area contributed by atoms with Crippen LogP contribution in [-0.4, -0.2) is 11.0 Å². The summed E-state index contributed by atoms with van der Waals surface area (Å²) in [6.07, 6.45) is 7.05. The predicted octanol–water partition coefficient (Wildman–Crippen LogP) is 2.31. The van der Waals surface area contributed by atoms with Crippen molar-refractivity contribution in [2.45, 2.75) is 38.6 Å². The van der Waals surface area contributed by atoms with Crippen molar-refractivity contribution < 1.29 is 0 Å². The summed E-state index contributed by atoms with van der Waals surface area (Å²) in [4.78, 5) is 4.44. The van der Waals surface area contributed by atoms with Crippen LogP contribution in [-0.2, 0) is 6.42 Å². The number of aryl methyl sites for hydroxylation is 1. The Bertz CT molecular complexity index is 378. The van der Waals surface area contributed by atoms with Gasteiger partial charge in [-0.05, 0) is 55.6 Å². The van der Waals surface area contributed by atoms with E-state index in [2.05, 4.69) is 18.0 Å². The van der Waals surface area contributed by atoms with Gasteiger partial charge in [0.05, 0.1) is 0 Å². The van der Waals surface area contributed by atoms with Crippen molar-refractivity contribution in [2.24, 2.45) is 23.5 Å². The summed E-state index contributed by atoms with van der Waals surface area (Å²) in [7, 11) is 0. The second-order valence-corrected chi connectivity index (χ2v) is 5.62. The first-order chi connectivity index (χ1) is 7.74. The molecule has 0 radical (unpaired) electrons. The average molecular weight is 216 g/mol. The van der Waals surface area contributed by atoms with Crippen LogP contribution in [0.2, 0.25) is 0 Å². The van der Waals surface area contributed by atoms with Gasteiger partial charge in [0.2, 0.25) is 0 Å². The van der Waals surface area contributed by atoms with Crippen molar-refractivity contribution in [1.29, 1.82) is 0 Å². The summed E-state index contributed by atoms with van der Waals surface area (Å²) in [6, 6.07) is 4.44. The summed E-state index contributed by atoms with van der Waals surface area (Å²) >= 11 is 0. The van der Waals surface area contributed by atoms with Crippen LogP contribution in [0.3, 0.4) is 0 Å². The van der Waals surface area contributed by atoms with Gasteiger partial charge in [-0.3, -0.25) is 4.98 Å². The van der Waals surface area contributed by atoms with E-state index in [1.165, 1.54) is 30.5 Å². The first kappa shape index (κ1) is 10.3. The Hall–Kier alpha value is -0.890. The van der Waals surface area contributed by atoms with Gasteiger partial charge in [0.1, 0.15) is 0 Å². The predicted molar refractivity (Wildman–Crippen MR) is 65.0 cm³/mol. The van der Waals surface area contributed by atoms with Crippen LogP contribution >= 0.6 is 0 Å². The Morgan fingerprint density at radius 1 is 1.38 bits per heavy atom. The highest BCUT2D eigenvalue weighted by Crippen LogP contribution is 2.55. The zero-order valence-corrected chi connectivity index (χ0v) is 9.89. The molecule has 16 heavy (non-hydrogen) atoms. The summed E-state index contributed by atoms with van der Waals surface area (Å²) in [5.41, 5.74) is 8.79. The van der Waals surface area contributed by atoms with Gasteiger partial charge >= 0.3 is 0 Å². The molecule has 2 fully saturated rings. The van der Waals surface area contributed by atoms with Crippen LogP contribution < -0.4 is 5.73 Å². The van der Waals surface area contributed by atoms with Crippen molar-refractivity contribution in [2.75, 3.05) is 0 Å². The Morgan fingerprint density at radius 2 is 2.12 bits per heavy atom. The third kappa shape index (κ3) is 1.86. The summed E-state index contributed by atoms with van der Waals surface area (Å²) in [5, 5.41) is 0. The van der Waals surface area contributed by atoms with E-state index < -0.39 is 0 Å². The van der Waals surface area contributed by atoms with E-state index in [1.807, 2.05) is 12.3 Å². The fraction of sp³-hybridized carbons (Fsp3) is 0.643. The smallest absolute Gasteiger partial charge is 0.0448 e. The Kier molecular flexibility index (Phi) is 2.47. The fourth-order valence-corrected chi connectivity index (χ4v) is 3.23. The van der Waals surface area contributed by atoms with E-state index in [4.69, 9.17) is 5.73 Å². The highest BCUT2D eigenvalue weighted by atomic mass is 14.7. The molecule has 1 aromatic rings. The van der Waals surface area contributed by atoms with Crippen molar-refractivity contribution >= 4 is 0 Å². The van der Waals surface area contributed by atoms with E-state index >= 15 is 0 Å². The van der Waals surface area contributed by atoms with Gasteiger partial charge in [0, 0.05) is 24.4 Å². The minimum Gasteiger partial charge on any atom is -0.327 e. The number of pyridine rings is 1. The maximum Gasteiger partial charge on any atom is 0.0448 e. The lowest BCUT2D eigenvalue weighted by Gasteiger charge is -2.20. The Balaban J connectivity index is 1.64. The first-order valence-corrected chi connectivity index (χ1v) is 6.40. The van der Waals surface area contributed by atoms with Gasteiger partial charge in [-0.25, -0.2) is 0 Å². The molecule has 2 N–H and O–H groups in total. The topological polar surface area (TPSA) is 38.9 Å². The zero-order valence-electron chi connectivity index (χ0n) is 9.89. The number of rotatable bonds is 3. The van der Waals surface area contributed by atoms with E-state index in [9.17, 15) is 0 Å². The van der Waals surface area contributed by atoms with Gasteiger partial charge in [-0.2, -0.15) is 0 Å². The summed E-state index contributed by atoms with van der Waals surface area (Å²) < 4.78 is 0. The molecule has 0 aromatic carbocycles. The van der Waals surface area contributed by atoms with Crippen LogP contribution in [0.1, 0.15) is 30.5 Å². The molecule has 1 heterocycles. The molecule has 0 saturated heterocycles. The summed E-state index contributed by atoms with van der Waals surface area (Å²) in [6.45, 7) is 2.13. The molecule has 2 heteroatoms. The molecule has 0 amide bonds. The van der Waals surface area contributed by atoms with Gasteiger partial charge in [-0.1, -0.05) is 6.07 Å². The Labute approximate surface area is 97.3 Å². The van der Waals surface area contributed by atoms with Gasteiger partial charge in [0.15, 0.2) is 0 Å². The second kappa shape index (κ2) is 3.85. The number of hydrogen-bond donors (Lipinski definition) is 1. The van der Waals surface area contributed by atoms with Crippen molar-refractivity contribution in [3.05, 3.63) is 29.6 Å². The van der Waals surface area contributed by atoms with Crippen molar-refractivity contribution in [3.8, 4) is 0 Å². The van der Waals surface area contributed by atoms with Crippen LogP contribution in [0.5, 0.6) is 0 Å². The lowest BCUT2D eigenvalue weighted by atomic mass is 9.91. The van der Waals surface area contributed by atoms with E-state index in [1.54, 1.807) is 0 Å². The normalized spacial score (nSPS) is 33.5. The zero-order chi connectivity index (χ0) is 11.1. The SMILES string of the molecule is Cc1cccnc1CC(N)C1CC2CC2C1. The standard InChI is InChI=1S/C14H20N2/c1-9-3-2-4-16-14(9)8-13(15)12-6-10-5-11(10)7-12/h2-4,10-13H,5-8,15H2,1H3. The molecular formula is C14H20N2. The molecule has 2 aliphatic carbocycles. The monoisotopic (exact) mass is 216 g/mol. The molecule has 0 spiro atoms. The number of hydrogen-bond acceptors (Lipinski definition) is 2. The number of aromatic nitrogens is 1. The van der Waals surface area contributed by atoms with Crippen molar-refractivity contribution in [3.63, 3.8) is 0 Å². The van der Waals surface area contributed by atoms with Gasteiger partial charge in [-0.15, -0.1) is 0 Å². The maximum atomic E-state index is 6.32. The molecule has 0 bridgehead atoms. The minimum atomic E-state index is 0.321.